The Morgan fingerprint density at radius 3 is 2.75 bits per heavy atom. The molecule has 0 spiro atoms. The van der Waals surface area contributed by atoms with Crippen LogP contribution in [0.2, 0.25) is 0 Å². The van der Waals surface area contributed by atoms with Gasteiger partial charge >= 0.3 is 6.03 Å². The molecule has 0 unspecified atom stereocenters. The van der Waals surface area contributed by atoms with Crippen LogP contribution in [0.25, 0.3) is 6.08 Å². The number of aromatic nitrogens is 1. The van der Waals surface area contributed by atoms with E-state index in [9.17, 15) is 4.79 Å². The Kier molecular flexibility index (Phi) is 4.50. The monoisotopic (exact) mass is 267 g/mol. The van der Waals surface area contributed by atoms with E-state index in [1.807, 2.05) is 56.3 Å². The lowest BCUT2D eigenvalue weighted by Crippen LogP contribution is -2.24. The molecule has 0 fully saturated rings. The van der Waals surface area contributed by atoms with Gasteiger partial charge in [0.2, 0.25) is 0 Å². The first-order valence-electron chi connectivity index (χ1n) is 6.37. The SMILES string of the molecule is Cc1ccnc(NC(=O)N/C=C/c2ccccc2C)c1. The second kappa shape index (κ2) is 6.52. The highest BCUT2D eigenvalue weighted by Gasteiger charge is 2.00. The van der Waals surface area contributed by atoms with Gasteiger partial charge < -0.3 is 5.32 Å². The Morgan fingerprint density at radius 1 is 1.20 bits per heavy atom. The van der Waals surface area contributed by atoms with Gasteiger partial charge in [0.1, 0.15) is 5.82 Å². The molecule has 1 heterocycles. The van der Waals surface area contributed by atoms with E-state index >= 15 is 0 Å². The van der Waals surface area contributed by atoms with E-state index in [2.05, 4.69) is 15.6 Å². The van der Waals surface area contributed by atoms with Crippen molar-refractivity contribution in [1.29, 1.82) is 0 Å². The average Bonchev–Trinajstić information content (AvgIpc) is 2.41. The molecule has 4 heteroatoms. The molecule has 0 saturated carbocycles. The number of hydrogen-bond donors (Lipinski definition) is 2. The van der Waals surface area contributed by atoms with E-state index < -0.39 is 0 Å². The first-order chi connectivity index (χ1) is 9.65. The Labute approximate surface area is 118 Å². The van der Waals surface area contributed by atoms with Crippen LogP contribution < -0.4 is 10.6 Å². The van der Waals surface area contributed by atoms with E-state index in [0.29, 0.717) is 5.82 Å². The summed E-state index contributed by atoms with van der Waals surface area (Å²) in [6.45, 7) is 3.97. The third kappa shape index (κ3) is 3.95. The number of nitrogens with one attached hydrogen (secondary N) is 2. The summed E-state index contributed by atoms with van der Waals surface area (Å²) >= 11 is 0. The second-order valence-electron chi connectivity index (χ2n) is 4.51. The standard InChI is InChI=1S/C16H17N3O/c1-12-7-9-17-15(11-12)19-16(20)18-10-8-14-6-4-3-5-13(14)2/h3-11H,1-2H3,(H2,17,18,19,20)/b10-8+. The molecule has 1 aromatic heterocycles. The molecule has 0 aliphatic carbocycles. The molecule has 2 amide bonds. The molecule has 0 radical (unpaired) electrons. The van der Waals surface area contributed by atoms with Crippen LogP contribution in [0.4, 0.5) is 10.6 Å². The zero-order valence-corrected chi connectivity index (χ0v) is 11.6. The maximum atomic E-state index is 11.7. The fourth-order valence-electron chi connectivity index (χ4n) is 1.74. The largest absolute Gasteiger partial charge is 0.324 e. The van der Waals surface area contributed by atoms with Gasteiger partial charge in [0, 0.05) is 12.4 Å². The summed E-state index contributed by atoms with van der Waals surface area (Å²) in [6.07, 6.45) is 5.14. The van der Waals surface area contributed by atoms with Gasteiger partial charge in [-0.3, -0.25) is 5.32 Å². The number of carbonyl (C=O) groups excluding carboxylic acids is 1. The van der Waals surface area contributed by atoms with Crippen molar-refractivity contribution < 1.29 is 4.79 Å². The van der Waals surface area contributed by atoms with Crippen molar-refractivity contribution in [1.82, 2.24) is 10.3 Å². The summed E-state index contributed by atoms with van der Waals surface area (Å²) < 4.78 is 0. The van der Waals surface area contributed by atoms with E-state index in [4.69, 9.17) is 0 Å². The predicted molar refractivity (Wildman–Crippen MR) is 81.3 cm³/mol. The van der Waals surface area contributed by atoms with Crippen molar-refractivity contribution in [3.63, 3.8) is 0 Å². The van der Waals surface area contributed by atoms with Crippen molar-refractivity contribution >= 4 is 17.9 Å². The van der Waals surface area contributed by atoms with Crippen molar-refractivity contribution in [3.05, 3.63) is 65.5 Å². The third-order valence-corrected chi connectivity index (χ3v) is 2.82. The minimum atomic E-state index is -0.312. The van der Waals surface area contributed by atoms with Crippen LogP contribution >= 0.6 is 0 Å². The molecule has 1 aromatic carbocycles. The van der Waals surface area contributed by atoms with Crippen LogP contribution in [0, 0.1) is 13.8 Å². The lowest BCUT2D eigenvalue weighted by molar-refractivity contribution is 0.255. The number of nitrogens with zero attached hydrogens (tertiary/aromatic N) is 1. The van der Waals surface area contributed by atoms with Gasteiger partial charge in [-0.05, 0) is 48.7 Å². The minimum absolute atomic E-state index is 0.312. The molecule has 102 valence electrons. The van der Waals surface area contributed by atoms with E-state index in [0.717, 1.165) is 16.7 Å². The predicted octanol–water partition coefficient (Wildman–Crippen LogP) is 3.49. The van der Waals surface area contributed by atoms with Gasteiger partial charge in [-0.15, -0.1) is 0 Å². The number of amides is 2. The second-order valence-corrected chi connectivity index (χ2v) is 4.51. The Balaban J connectivity index is 1.91. The Bertz CT molecular complexity index is 635. The molecular weight excluding hydrogens is 250 g/mol. The van der Waals surface area contributed by atoms with E-state index in [-0.39, 0.29) is 6.03 Å². The maximum absolute atomic E-state index is 11.7. The van der Waals surface area contributed by atoms with Crippen LogP contribution in [0.3, 0.4) is 0 Å². The molecule has 0 aliphatic heterocycles. The highest BCUT2D eigenvalue weighted by Crippen LogP contribution is 2.08. The van der Waals surface area contributed by atoms with Crippen LogP contribution in [0.5, 0.6) is 0 Å². The fraction of sp³-hybridized carbons (Fsp3) is 0.125. The van der Waals surface area contributed by atoms with Gasteiger partial charge in [-0.2, -0.15) is 0 Å². The quantitative estimate of drug-likeness (QED) is 0.894. The lowest BCUT2D eigenvalue weighted by atomic mass is 10.1. The van der Waals surface area contributed by atoms with Crippen LogP contribution in [-0.4, -0.2) is 11.0 Å². The lowest BCUT2D eigenvalue weighted by Gasteiger charge is -2.04. The summed E-state index contributed by atoms with van der Waals surface area (Å²) in [5, 5.41) is 5.33. The summed E-state index contributed by atoms with van der Waals surface area (Å²) in [6, 6.07) is 11.3. The molecule has 0 aliphatic rings. The smallest absolute Gasteiger partial charge is 0.314 e. The van der Waals surface area contributed by atoms with Crippen molar-refractivity contribution in [2.24, 2.45) is 0 Å². The normalized spacial score (nSPS) is 10.5. The molecule has 4 nitrogen and oxygen atoms in total. The third-order valence-electron chi connectivity index (χ3n) is 2.82. The van der Waals surface area contributed by atoms with E-state index in [1.165, 1.54) is 0 Å². The van der Waals surface area contributed by atoms with Crippen molar-refractivity contribution in [2.45, 2.75) is 13.8 Å². The van der Waals surface area contributed by atoms with Crippen LogP contribution in [-0.2, 0) is 0 Å². The molecule has 0 saturated heterocycles. The van der Waals surface area contributed by atoms with Gasteiger partial charge in [-0.1, -0.05) is 24.3 Å². The number of pyridine rings is 1. The molecule has 0 atom stereocenters. The summed E-state index contributed by atoms with van der Waals surface area (Å²) in [4.78, 5) is 15.7. The number of aryl methyl sites for hydroxylation is 2. The summed E-state index contributed by atoms with van der Waals surface area (Å²) in [5.74, 6) is 0.534. The summed E-state index contributed by atoms with van der Waals surface area (Å²) in [7, 11) is 0. The van der Waals surface area contributed by atoms with Gasteiger partial charge in [0.15, 0.2) is 0 Å². The van der Waals surface area contributed by atoms with Gasteiger partial charge in [0.25, 0.3) is 0 Å². The topological polar surface area (TPSA) is 54.0 Å². The first-order valence-corrected chi connectivity index (χ1v) is 6.37. The molecule has 2 N–H and O–H groups in total. The van der Waals surface area contributed by atoms with Crippen molar-refractivity contribution in [2.75, 3.05) is 5.32 Å². The molecule has 20 heavy (non-hydrogen) atoms. The highest BCUT2D eigenvalue weighted by atomic mass is 16.2. The van der Waals surface area contributed by atoms with E-state index in [1.54, 1.807) is 12.4 Å². The zero-order chi connectivity index (χ0) is 14.4. The van der Waals surface area contributed by atoms with Gasteiger partial charge in [0.05, 0.1) is 0 Å². The van der Waals surface area contributed by atoms with Crippen LogP contribution in [0.1, 0.15) is 16.7 Å². The number of carbonyl (C=O) groups is 1. The number of urea groups is 1. The van der Waals surface area contributed by atoms with Crippen molar-refractivity contribution in [3.8, 4) is 0 Å². The molecule has 2 rings (SSSR count). The van der Waals surface area contributed by atoms with Crippen LogP contribution in [0.15, 0.2) is 48.8 Å². The Morgan fingerprint density at radius 2 is 2.00 bits per heavy atom. The first kappa shape index (κ1) is 13.8. The van der Waals surface area contributed by atoms with Gasteiger partial charge in [-0.25, -0.2) is 9.78 Å². The number of benzene rings is 1. The summed E-state index contributed by atoms with van der Waals surface area (Å²) in [5.41, 5.74) is 3.28. The molecule has 0 bridgehead atoms. The minimum Gasteiger partial charge on any atom is -0.314 e. The number of rotatable bonds is 3. The number of hydrogen-bond acceptors (Lipinski definition) is 2. The number of anilines is 1. The zero-order valence-electron chi connectivity index (χ0n) is 11.6. The average molecular weight is 267 g/mol. The molecular formula is C16H17N3O. The molecule has 2 aromatic rings. The maximum Gasteiger partial charge on any atom is 0.324 e. The highest BCUT2D eigenvalue weighted by molar-refractivity contribution is 5.89. The Hall–Kier alpha value is -2.62. The fourth-order valence-corrected chi connectivity index (χ4v) is 1.74.